The average Bonchev–Trinajstić information content (AvgIpc) is 2.41. The van der Waals surface area contributed by atoms with Gasteiger partial charge in [-0.15, -0.1) is 0 Å². The molecule has 2 rings (SSSR count). The van der Waals surface area contributed by atoms with Gasteiger partial charge in [0, 0.05) is 6.54 Å². The van der Waals surface area contributed by atoms with Crippen molar-refractivity contribution in [3.05, 3.63) is 71.5 Å². The van der Waals surface area contributed by atoms with Crippen molar-refractivity contribution >= 4 is 10.0 Å². The van der Waals surface area contributed by atoms with Gasteiger partial charge in [0.15, 0.2) is 0 Å². The molecule has 0 aromatic heterocycles. The molecule has 0 atom stereocenters. The van der Waals surface area contributed by atoms with Gasteiger partial charge in [0.05, 0.1) is 5.75 Å². The van der Waals surface area contributed by atoms with Crippen LogP contribution in [0.2, 0.25) is 0 Å². The molecule has 0 heterocycles. The summed E-state index contributed by atoms with van der Waals surface area (Å²) < 4.78 is 39.0. The zero-order valence-electron chi connectivity index (χ0n) is 10.9. The Morgan fingerprint density at radius 3 is 2.20 bits per heavy atom. The summed E-state index contributed by atoms with van der Waals surface area (Å²) in [5.74, 6) is -0.324. The third-order valence-electron chi connectivity index (χ3n) is 2.85. The van der Waals surface area contributed by atoms with Gasteiger partial charge in [0.1, 0.15) is 5.82 Å². The fraction of sp³-hybridized carbons (Fsp3) is 0.200. The standard InChI is InChI=1S/C15H16FNO2S/c16-15-8-6-13(7-9-15)10-11-17-20(18,19)12-14-4-2-1-3-5-14/h1-9,17H,10-12H2. The number of hydrogen-bond acceptors (Lipinski definition) is 2. The molecule has 0 unspecified atom stereocenters. The van der Waals surface area contributed by atoms with E-state index < -0.39 is 10.0 Å². The monoisotopic (exact) mass is 293 g/mol. The maximum absolute atomic E-state index is 12.7. The van der Waals surface area contributed by atoms with Gasteiger partial charge in [0.25, 0.3) is 0 Å². The van der Waals surface area contributed by atoms with Crippen LogP contribution in [-0.4, -0.2) is 15.0 Å². The van der Waals surface area contributed by atoms with Crippen LogP contribution in [0, 0.1) is 5.82 Å². The highest BCUT2D eigenvalue weighted by molar-refractivity contribution is 7.88. The number of rotatable bonds is 6. The molecule has 3 nitrogen and oxygen atoms in total. The van der Waals surface area contributed by atoms with Crippen LogP contribution >= 0.6 is 0 Å². The lowest BCUT2D eigenvalue weighted by atomic mass is 10.1. The molecule has 0 aliphatic carbocycles. The maximum atomic E-state index is 12.7. The number of sulfonamides is 1. The first kappa shape index (κ1) is 14.7. The van der Waals surface area contributed by atoms with Crippen molar-refractivity contribution in [1.29, 1.82) is 0 Å². The van der Waals surface area contributed by atoms with Crippen molar-refractivity contribution in [2.45, 2.75) is 12.2 Å². The van der Waals surface area contributed by atoms with Crippen LogP contribution in [0.4, 0.5) is 4.39 Å². The zero-order valence-corrected chi connectivity index (χ0v) is 11.7. The van der Waals surface area contributed by atoms with Gasteiger partial charge in [-0.2, -0.15) is 0 Å². The molecule has 0 radical (unpaired) electrons. The summed E-state index contributed by atoms with van der Waals surface area (Å²) in [4.78, 5) is 0. The van der Waals surface area contributed by atoms with Gasteiger partial charge < -0.3 is 0 Å². The van der Waals surface area contributed by atoms with E-state index in [1.807, 2.05) is 18.2 Å². The Morgan fingerprint density at radius 2 is 1.55 bits per heavy atom. The van der Waals surface area contributed by atoms with Crippen LogP contribution in [0.3, 0.4) is 0 Å². The average molecular weight is 293 g/mol. The van der Waals surface area contributed by atoms with Gasteiger partial charge >= 0.3 is 0 Å². The summed E-state index contributed by atoms with van der Waals surface area (Å²) in [5, 5.41) is 0. The smallest absolute Gasteiger partial charge is 0.215 e. The topological polar surface area (TPSA) is 46.2 Å². The predicted octanol–water partition coefficient (Wildman–Crippen LogP) is 2.49. The highest BCUT2D eigenvalue weighted by Crippen LogP contribution is 2.05. The molecule has 0 fully saturated rings. The van der Waals surface area contributed by atoms with Gasteiger partial charge in [-0.3, -0.25) is 0 Å². The van der Waals surface area contributed by atoms with E-state index in [0.29, 0.717) is 13.0 Å². The van der Waals surface area contributed by atoms with E-state index in [1.165, 1.54) is 12.1 Å². The summed E-state index contributed by atoms with van der Waals surface area (Å²) in [6.45, 7) is 0.306. The molecule has 106 valence electrons. The lowest BCUT2D eigenvalue weighted by molar-refractivity contribution is 0.580. The second kappa shape index (κ2) is 6.63. The van der Waals surface area contributed by atoms with E-state index >= 15 is 0 Å². The molecule has 2 aromatic rings. The molecule has 0 amide bonds. The Labute approximate surface area is 118 Å². The largest absolute Gasteiger partial charge is 0.215 e. The first-order valence-corrected chi connectivity index (χ1v) is 7.96. The second-order valence-electron chi connectivity index (χ2n) is 4.52. The minimum atomic E-state index is -3.34. The third kappa shape index (κ3) is 4.75. The minimum Gasteiger partial charge on any atom is -0.215 e. The van der Waals surface area contributed by atoms with Crippen molar-refractivity contribution in [3.63, 3.8) is 0 Å². The van der Waals surface area contributed by atoms with Crippen molar-refractivity contribution in [1.82, 2.24) is 4.72 Å². The Balaban J connectivity index is 1.85. The lowest BCUT2D eigenvalue weighted by Crippen LogP contribution is -2.27. The predicted molar refractivity (Wildman–Crippen MR) is 77.2 cm³/mol. The van der Waals surface area contributed by atoms with Crippen LogP contribution in [-0.2, 0) is 22.2 Å². The van der Waals surface area contributed by atoms with E-state index in [2.05, 4.69) is 4.72 Å². The number of nitrogens with one attached hydrogen (secondary N) is 1. The Hall–Kier alpha value is -1.72. The van der Waals surface area contributed by atoms with Crippen molar-refractivity contribution < 1.29 is 12.8 Å². The molecule has 1 N–H and O–H groups in total. The van der Waals surface area contributed by atoms with E-state index in [1.54, 1.807) is 24.3 Å². The number of hydrogen-bond donors (Lipinski definition) is 1. The lowest BCUT2D eigenvalue weighted by Gasteiger charge is -2.07. The molecule has 2 aromatic carbocycles. The minimum absolute atomic E-state index is 0.0305. The molecule has 0 saturated heterocycles. The van der Waals surface area contributed by atoms with Crippen molar-refractivity contribution in [2.75, 3.05) is 6.54 Å². The molecular weight excluding hydrogens is 277 g/mol. The van der Waals surface area contributed by atoms with Crippen LogP contribution in [0.5, 0.6) is 0 Å². The third-order valence-corrected chi connectivity index (χ3v) is 4.21. The van der Waals surface area contributed by atoms with Crippen molar-refractivity contribution in [3.8, 4) is 0 Å². The Morgan fingerprint density at radius 1 is 0.900 bits per heavy atom. The SMILES string of the molecule is O=S(=O)(Cc1ccccc1)NCCc1ccc(F)cc1. The number of benzene rings is 2. The van der Waals surface area contributed by atoms with Gasteiger partial charge in [-0.05, 0) is 29.7 Å². The summed E-state index contributed by atoms with van der Waals surface area (Å²) >= 11 is 0. The van der Waals surface area contributed by atoms with Crippen LogP contribution in [0.15, 0.2) is 54.6 Å². The molecule has 0 aliphatic heterocycles. The summed E-state index contributed by atoms with van der Waals surface area (Å²) in [6.07, 6.45) is 0.536. The fourth-order valence-electron chi connectivity index (χ4n) is 1.85. The maximum Gasteiger partial charge on any atom is 0.215 e. The van der Waals surface area contributed by atoms with E-state index in [4.69, 9.17) is 0 Å². The van der Waals surface area contributed by atoms with Crippen LogP contribution in [0.25, 0.3) is 0 Å². The van der Waals surface area contributed by atoms with E-state index in [9.17, 15) is 12.8 Å². The molecule has 0 spiro atoms. The Bertz CT molecular complexity index is 639. The van der Waals surface area contributed by atoms with Gasteiger partial charge in [-0.25, -0.2) is 17.5 Å². The molecule has 0 aliphatic rings. The second-order valence-corrected chi connectivity index (χ2v) is 6.32. The quantitative estimate of drug-likeness (QED) is 0.889. The molecule has 5 heteroatoms. The molecule has 0 saturated carbocycles. The summed E-state index contributed by atoms with van der Waals surface area (Å²) in [6, 6.07) is 15.1. The highest BCUT2D eigenvalue weighted by atomic mass is 32.2. The molecular formula is C15H16FNO2S. The van der Waals surface area contributed by atoms with Crippen LogP contribution < -0.4 is 4.72 Å². The summed E-state index contributed by atoms with van der Waals surface area (Å²) in [5.41, 5.74) is 1.65. The first-order valence-electron chi connectivity index (χ1n) is 6.31. The van der Waals surface area contributed by atoms with E-state index in [-0.39, 0.29) is 11.6 Å². The van der Waals surface area contributed by atoms with Gasteiger partial charge in [0.2, 0.25) is 10.0 Å². The normalized spacial score (nSPS) is 11.4. The fourth-order valence-corrected chi connectivity index (χ4v) is 2.99. The summed E-state index contributed by atoms with van der Waals surface area (Å²) in [7, 11) is -3.34. The number of halogens is 1. The highest BCUT2D eigenvalue weighted by Gasteiger charge is 2.10. The first-order chi connectivity index (χ1) is 9.55. The Kier molecular flexibility index (Phi) is 4.87. The van der Waals surface area contributed by atoms with Crippen molar-refractivity contribution in [2.24, 2.45) is 0 Å². The molecule has 0 bridgehead atoms. The van der Waals surface area contributed by atoms with Crippen LogP contribution in [0.1, 0.15) is 11.1 Å². The van der Waals surface area contributed by atoms with Gasteiger partial charge in [-0.1, -0.05) is 42.5 Å². The van der Waals surface area contributed by atoms with E-state index in [0.717, 1.165) is 11.1 Å². The zero-order chi connectivity index (χ0) is 14.4. The molecule has 20 heavy (non-hydrogen) atoms.